The quantitative estimate of drug-likeness (QED) is 0.199. The highest BCUT2D eigenvalue weighted by molar-refractivity contribution is 6.35. The molecule has 35 heavy (non-hydrogen) atoms. The summed E-state index contributed by atoms with van der Waals surface area (Å²) in [4.78, 5) is 19.9. The van der Waals surface area contributed by atoms with E-state index in [1.165, 1.54) is 26.5 Å². The minimum Gasteiger partial charge on any atom is -0.503 e. The Labute approximate surface area is 209 Å². The minimum atomic E-state index is -4.73. The summed E-state index contributed by atoms with van der Waals surface area (Å²) in [6, 6.07) is 12.0. The third-order valence-electron chi connectivity index (χ3n) is 4.73. The number of carbonyl (C=O) groups excluding carboxylic acids is 1. The Morgan fingerprint density at radius 2 is 1.77 bits per heavy atom. The van der Waals surface area contributed by atoms with Crippen LogP contribution in [0.5, 0.6) is 5.88 Å². The summed E-state index contributed by atoms with van der Waals surface area (Å²) < 4.78 is 55.9. The number of rotatable bonds is 8. The zero-order valence-electron chi connectivity index (χ0n) is 18.5. The van der Waals surface area contributed by atoms with Crippen molar-refractivity contribution in [3.05, 3.63) is 93.0 Å². The van der Waals surface area contributed by atoms with Crippen molar-refractivity contribution >= 4 is 34.7 Å². The summed E-state index contributed by atoms with van der Waals surface area (Å²) >= 11 is 12.0. The van der Waals surface area contributed by atoms with E-state index < -0.39 is 17.8 Å². The van der Waals surface area contributed by atoms with E-state index in [4.69, 9.17) is 37.4 Å². The molecule has 0 spiro atoms. The molecule has 3 rings (SSSR count). The molecule has 0 aliphatic heterocycles. The second kappa shape index (κ2) is 11.4. The summed E-state index contributed by atoms with van der Waals surface area (Å²) in [5.41, 5.74) is 0.380. The first kappa shape index (κ1) is 26.3. The molecule has 0 aliphatic carbocycles. The Balaban J connectivity index is 1.93. The van der Waals surface area contributed by atoms with E-state index in [1.54, 1.807) is 36.4 Å². The number of esters is 1. The van der Waals surface area contributed by atoms with E-state index in [0.29, 0.717) is 27.8 Å². The molecule has 1 aromatic heterocycles. The fraction of sp³-hybridized carbons (Fsp3) is 0.208. The van der Waals surface area contributed by atoms with Gasteiger partial charge in [0.1, 0.15) is 18.0 Å². The smallest absolute Gasteiger partial charge is 0.433 e. The van der Waals surface area contributed by atoms with Crippen molar-refractivity contribution in [3.8, 4) is 5.88 Å². The second-order valence-electron chi connectivity index (χ2n) is 7.12. The van der Waals surface area contributed by atoms with Crippen LogP contribution in [0.15, 0.2) is 54.8 Å². The van der Waals surface area contributed by atoms with E-state index in [2.05, 4.69) is 9.97 Å². The molecule has 1 heterocycles. The van der Waals surface area contributed by atoms with Crippen LogP contribution in [0.1, 0.15) is 28.2 Å². The SMILES string of the molecule is CO/C=C(/C(=O)OC)c1ccccc1COc1cc(C(F)(F)F)nc(Cc2ccc(Cl)cc2Cl)n1. The van der Waals surface area contributed by atoms with E-state index in [0.717, 1.165) is 0 Å². The van der Waals surface area contributed by atoms with Crippen molar-refractivity contribution < 1.29 is 32.2 Å². The first-order valence-corrected chi connectivity index (χ1v) is 10.8. The van der Waals surface area contributed by atoms with Crippen LogP contribution in [0.4, 0.5) is 13.2 Å². The van der Waals surface area contributed by atoms with E-state index in [9.17, 15) is 18.0 Å². The molecule has 0 unspecified atom stereocenters. The van der Waals surface area contributed by atoms with Gasteiger partial charge in [0.15, 0.2) is 5.69 Å². The van der Waals surface area contributed by atoms with Crippen molar-refractivity contribution in [2.45, 2.75) is 19.2 Å². The first-order chi connectivity index (χ1) is 16.6. The zero-order chi connectivity index (χ0) is 25.6. The summed E-state index contributed by atoms with van der Waals surface area (Å²) in [6.45, 7) is -0.191. The molecule has 184 valence electrons. The van der Waals surface area contributed by atoms with Crippen molar-refractivity contribution in [3.63, 3.8) is 0 Å². The minimum absolute atomic E-state index is 0.0735. The number of hydrogen-bond acceptors (Lipinski definition) is 6. The lowest BCUT2D eigenvalue weighted by Crippen LogP contribution is -2.13. The molecule has 0 bridgehead atoms. The van der Waals surface area contributed by atoms with Gasteiger partial charge in [-0.25, -0.2) is 9.78 Å². The Kier molecular flexibility index (Phi) is 8.58. The molecular formula is C24H19Cl2F3N2O4. The molecule has 3 aromatic rings. The fourth-order valence-corrected chi connectivity index (χ4v) is 3.59. The predicted octanol–water partition coefficient (Wildman–Crippen LogP) is 6.13. The molecule has 0 N–H and O–H groups in total. The van der Waals surface area contributed by atoms with Gasteiger partial charge in [-0.05, 0) is 28.8 Å². The van der Waals surface area contributed by atoms with Gasteiger partial charge in [0, 0.05) is 22.5 Å². The maximum absolute atomic E-state index is 13.5. The highest BCUT2D eigenvalue weighted by Gasteiger charge is 2.34. The average Bonchev–Trinajstić information content (AvgIpc) is 2.82. The monoisotopic (exact) mass is 526 g/mol. The predicted molar refractivity (Wildman–Crippen MR) is 124 cm³/mol. The summed E-state index contributed by atoms with van der Waals surface area (Å²) in [6.07, 6.45) is -3.59. The van der Waals surface area contributed by atoms with Gasteiger partial charge in [0.2, 0.25) is 5.88 Å². The third kappa shape index (κ3) is 6.86. The lowest BCUT2D eigenvalue weighted by Gasteiger charge is -2.14. The maximum Gasteiger partial charge on any atom is 0.433 e. The number of alkyl halides is 3. The van der Waals surface area contributed by atoms with Crippen LogP contribution in [0, 0.1) is 0 Å². The van der Waals surface area contributed by atoms with Gasteiger partial charge in [-0.3, -0.25) is 0 Å². The largest absolute Gasteiger partial charge is 0.503 e. The van der Waals surface area contributed by atoms with Crippen molar-refractivity contribution in [2.75, 3.05) is 14.2 Å². The second-order valence-corrected chi connectivity index (χ2v) is 7.97. The highest BCUT2D eigenvalue weighted by Crippen LogP contribution is 2.31. The van der Waals surface area contributed by atoms with E-state index in [1.807, 2.05) is 0 Å². The van der Waals surface area contributed by atoms with Crippen molar-refractivity contribution in [2.24, 2.45) is 0 Å². The van der Waals surface area contributed by atoms with Crippen LogP contribution < -0.4 is 4.74 Å². The van der Waals surface area contributed by atoms with Gasteiger partial charge >= 0.3 is 12.1 Å². The molecule has 0 saturated carbocycles. The van der Waals surface area contributed by atoms with E-state index >= 15 is 0 Å². The molecule has 11 heteroatoms. The Morgan fingerprint density at radius 3 is 2.43 bits per heavy atom. The molecule has 0 saturated heterocycles. The molecule has 0 fully saturated rings. The maximum atomic E-state index is 13.5. The summed E-state index contributed by atoms with van der Waals surface area (Å²) in [7, 11) is 2.59. The van der Waals surface area contributed by atoms with Crippen LogP contribution in [0.25, 0.3) is 5.57 Å². The van der Waals surface area contributed by atoms with Crippen LogP contribution in [-0.4, -0.2) is 30.2 Å². The standard InChI is InChI=1S/C24H19Cl2F3N2O4/c1-33-13-18(23(32)34-2)17-6-4-3-5-15(17)12-35-22-11-20(24(27,28)29)30-21(31-22)9-14-7-8-16(25)10-19(14)26/h3-8,10-11,13H,9,12H2,1-2H3/b18-13+. The number of nitrogens with zero attached hydrogens (tertiary/aromatic N) is 2. The highest BCUT2D eigenvalue weighted by atomic mass is 35.5. The average molecular weight is 527 g/mol. The van der Waals surface area contributed by atoms with Gasteiger partial charge < -0.3 is 14.2 Å². The molecule has 0 atom stereocenters. The number of hydrogen-bond donors (Lipinski definition) is 0. The van der Waals surface area contributed by atoms with Gasteiger partial charge in [-0.1, -0.05) is 53.5 Å². The molecule has 6 nitrogen and oxygen atoms in total. The number of halogens is 5. The van der Waals surface area contributed by atoms with Crippen LogP contribution in [-0.2, 0) is 33.5 Å². The topological polar surface area (TPSA) is 70.5 Å². The summed E-state index contributed by atoms with van der Waals surface area (Å²) in [5.74, 6) is -1.08. The number of carbonyl (C=O) groups is 1. The molecular weight excluding hydrogens is 508 g/mol. The lowest BCUT2D eigenvalue weighted by molar-refractivity contribution is -0.141. The van der Waals surface area contributed by atoms with E-state index in [-0.39, 0.29) is 35.3 Å². The van der Waals surface area contributed by atoms with Crippen molar-refractivity contribution in [1.82, 2.24) is 9.97 Å². The normalized spacial score (nSPS) is 11.8. The van der Waals surface area contributed by atoms with Gasteiger partial charge in [-0.2, -0.15) is 18.2 Å². The van der Waals surface area contributed by atoms with Gasteiger partial charge in [-0.15, -0.1) is 0 Å². The Hall–Kier alpha value is -3.30. The molecule has 0 aliphatic rings. The van der Waals surface area contributed by atoms with Crippen LogP contribution in [0.2, 0.25) is 10.0 Å². The number of methoxy groups -OCH3 is 2. The Bertz CT molecular complexity index is 1250. The molecule has 0 radical (unpaired) electrons. The molecule has 0 amide bonds. The summed E-state index contributed by atoms with van der Waals surface area (Å²) in [5, 5.41) is 0.662. The van der Waals surface area contributed by atoms with Crippen molar-refractivity contribution in [1.29, 1.82) is 0 Å². The lowest BCUT2D eigenvalue weighted by atomic mass is 10.0. The number of ether oxygens (including phenoxy) is 3. The third-order valence-corrected chi connectivity index (χ3v) is 5.31. The first-order valence-electron chi connectivity index (χ1n) is 10.0. The molecule has 2 aromatic carbocycles. The van der Waals surface area contributed by atoms with Crippen LogP contribution in [0.3, 0.4) is 0 Å². The zero-order valence-corrected chi connectivity index (χ0v) is 20.0. The Morgan fingerprint density at radius 1 is 1.03 bits per heavy atom. The number of benzene rings is 2. The fourth-order valence-electron chi connectivity index (χ4n) is 3.12. The van der Waals surface area contributed by atoms with Gasteiger partial charge in [0.25, 0.3) is 0 Å². The van der Waals surface area contributed by atoms with Gasteiger partial charge in [0.05, 0.1) is 20.5 Å². The van der Waals surface area contributed by atoms with Crippen LogP contribution >= 0.6 is 23.2 Å². The number of aromatic nitrogens is 2.